The number of nitrogens with zero attached hydrogens (tertiary/aromatic N) is 1. The minimum atomic E-state index is -4.65. The maximum atomic E-state index is 12.1. The van der Waals surface area contributed by atoms with Crippen LogP contribution < -0.4 is 0 Å². The molecule has 0 bridgehead atoms. The van der Waals surface area contributed by atoms with Crippen molar-refractivity contribution >= 4 is 50.0 Å². The molecule has 0 atom stereocenters. The van der Waals surface area contributed by atoms with E-state index in [9.17, 15) is 13.2 Å². The largest absolute Gasteiger partial charge is 0.444 e. The van der Waals surface area contributed by atoms with Gasteiger partial charge in [-0.3, -0.25) is 0 Å². The van der Waals surface area contributed by atoms with E-state index >= 15 is 0 Å². The Balaban J connectivity index is 3.15. The van der Waals surface area contributed by atoms with Crippen molar-refractivity contribution in [3.05, 3.63) is 27.7 Å². The highest BCUT2D eigenvalue weighted by molar-refractivity contribution is 9.10. The summed E-state index contributed by atoms with van der Waals surface area (Å²) in [6, 6.07) is 4.36. The van der Waals surface area contributed by atoms with Crippen LogP contribution in [0.15, 0.2) is 27.7 Å². The predicted molar refractivity (Wildman–Crippen MR) is 58.2 cm³/mol. The lowest BCUT2D eigenvalue weighted by Gasteiger charge is -2.04. The number of halogens is 6. The van der Waals surface area contributed by atoms with Crippen LogP contribution in [-0.2, 0) is 0 Å². The Hall–Kier alpha value is -0.260. The lowest BCUT2D eigenvalue weighted by atomic mass is 10.3. The van der Waals surface area contributed by atoms with Gasteiger partial charge in [0.15, 0.2) is 0 Å². The lowest BCUT2D eigenvalue weighted by molar-refractivity contribution is -0.0558. The van der Waals surface area contributed by atoms with Gasteiger partial charge in [-0.05, 0) is 28.1 Å². The molecule has 82 valence electrons. The van der Waals surface area contributed by atoms with Gasteiger partial charge >= 0.3 is 6.18 Å². The first-order valence-electron chi connectivity index (χ1n) is 3.58. The Morgan fingerprint density at radius 2 is 1.93 bits per heavy atom. The molecule has 15 heavy (non-hydrogen) atoms. The molecular formula is C8H3BrCl2F3N. The molecule has 0 aliphatic rings. The van der Waals surface area contributed by atoms with Gasteiger partial charge in [-0.25, -0.2) is 4.99 Å². The first-order chi connectivity index (χ1) is 6.82. The molecular weight excluding hydrogens is 318 g/mol. The molecule has 0 spiro atoms. The molecule has 1 rings (SSSR count). The zero-order chi connectivity index (χ0) is 11.6. The van der Waals surface area contributed by atoms with E-state index in [0.29, 0.717) is 0 Å². The van der Waals surface area contributed by atoms with E-state index in [1.54, 1.807) is 0 Å². The van der Waals surface area contributed by atoms with Crippen LogP contribution in [-0.4, -0.2) is 11.3 Å². The average Bonchev–Trinajstić information content (AvgIpc) is 2.11. The van der Waals surface area contributed by atoms with Gasteiger partial charge in [-0.2, -0.15) is 13.2 Å². The fourth-order valence-electron chi connectivity index (χ4n) is 0.748. The third-order valence-electron chi connectivity index (χ3n) is 1.38. The molecule has 0 amide bonds. The third-order valence-corrected chi connectivity index (χ3v) is 3.06. The van der Waals surface area contributed by atoms with Gasteiger partial charge in [0.25, 0.3) is 0 Å². The number of benzene rings is 1. The standard InChI is InChI=1S/C8H3BrCl2F3N/c9-6-4(10)2-1-3-5(6)15-7(11)8(12,13)14/h1-3H. The molecule has 0 radical (unpaired) electrons. The zero-order valence-corrected chi connectivity index (χ0v) is 10.0. The topological polar surface area (TPSA) is 12.4 Å². The number of rotatable bonds is 1. The fourth-order valence-corrected chi connectivity index (χ4v) is 1.36. The predicted octanol–water partition coefficient (Wildman–Crippen LogP) is 4.93. The van der Waals surface area contributed by atoms with Crippen LogP contribution >= 0.6 is 39.1 Å². The highest BCUT2D eigenvalue weighted by Crippen LogP contribution is 2.34. The highest BCUT2D eigenvalue weighted by atomic mass is 79.9. The molecule has 0 aliphatic carbocycles. The second-order valence-corrected chi connectivity index (χ2v) is 4.03. The van der Waals surface area contributed by atoms with Gasteiger partial charge < -0.3 is 0 Å². The summed E-state index contributed by atoms with van der Waals surface area (Å²) in [6.45, 7) is 0. The maximum Gasteiger partial charge on any atom is 0.444 e. The summed E-state index contributed by atoms with van der Waals surface area (Å²) in [6.07, 6.45) is -4.65. The molecule has 0 saturated heterocycles. The number of hydrogen-bond donors (Lipinski definition) is 0. The van der Waals surface area contributed by atoms with Crippen LogP contribution in [0.2, 0.25) is 5.02 Å². The number of alkyl halides is 3. The molecule has 0 saturated carbocycles. The van der Waals surface area contributed by atoms with E-state index in [1.807, 2.05) is 0 Å². The van der Waals surface area contributed by atoms with Gasteiger partial charge in [0.05, 0.1) is 15.2 Å². The second kappa shape index (κ2) is 4.72. The van der Waals surface area contributed by atoms with Crippen molar-refractivity contribution in [3.63, 3.8) is 0 Å². The Labute approximate surface area is 102 Å². The van der Waals surface area contributed by atoms with Crippen LogP contribution in [0.4, 0.5) is 18.9 Å². The normalized spacial score (nSPS) is 13.1. The van der Waals surface area contributed by atoms with E-state index in [-0.39, 0.29) is 15.2 Å². The first kappa shape index (κ1) is 12.8. The van der Waals surface area contributed by atoms with Crippen molar-refractivity contribution in [2.24, 2.45) is 4.99 Å². The van der Waals surface area contributed by atoms with Crippen LogP contribution in [0.3, 0.4) is 0 Å². The summed E-state index contributed by atoms with van der Waals surface area (Å²) in [7, 11) is 0. The number of hydrogen-bond acceptors (Lipinski definition) is 1. The third kappa shape index (κ3) is 3.36. The molecule has 0 heterocycles. The Morgan fingerprint density at radius 3 is 2.47 bits per heavy atom. The molecule has 7 heteroatoms. The van der Waals surface area contributed by atoms with Crippen LogP contribution in [0.5, 0.6) is 0 Å². The molecule has 0 aliphatic heterocycles. The molecule has 1 aromatic rings. The molecule has 1 nitrogen and oxygen atoms in total. The summed E-state index contributed by atoms with van der Waals surface area (Å²) < 4.78 is 36.4. The fraction of sp³-hybridized carbons (Fsp3) is 0.125. The van der Waals surface area contributed by atoms with Gasteiger partial charge in [-0.1, -0.05) is 29.3 Å². The smallest absolute Gasteiger partial charge is 0.231 e. The highest BCUT2D eigenvalue weighted by Gasteiger charge is 2.34. The number of aliphatic imine (C=N–C) groups is 1. The summed E-state index contributed by atoms with van der Waals surface area (Å²) in [5, 5.41) is -1.17. The summed E-state index contributed by atoms with van der Waals surface area (Å²) in [4.78, 5) is 3.22. The molecule has 0 N–H and O–H groups in total. The molecule has 0 aromatic heterocycles. The van der Waals surface area contributed by atoms with Gasteiger partial charge in [0, 0.05) is 0 Å². The van der Waals surface area contributed by atoms with E-state index < -0.39 is 11.3 Å². The first-order valence-corrected chi connectivity index (χ1v) is 5.12. The summed E-state index contributed by atoms with van der Waals surface area (Å²) in [5.74, 6) is 0. The minimum Gasteiger partial charge on any atom is -0.231 e. The van der Waals surface area contributed by atoms with Crippen LogP contribution in [0, 0.1) is 0 Å². The lowest BCUT2D eigenvalue weighted by Crippen LogP contribution is -2.16. The SMILES string of the molecule is FC(F)(F)C(Cl)=Nc1cccc(Cl)c1Br. The summed E-state index contributed by atoms with van der Waals surface area (Å²) in [5.41, 5.74) is 0.0322. The van der Waals surface area contributed by atoms with Crippen molar-refractivity contribution in [3.8, 4) is 0 Å². The molecule has 1 aromatic carbocycles. The monoisotopic (exact) mass is 319 g/mol. The zero-order valence-electron chi connectivity index (χ0n) is 6.95. The minimum absolute atomic E-state index is 0.0322. The average molecular weight is 321 g/mol. The van der Waals surface area contributed by atoms with Crippen LogP contribution in [0.1, 0.15) is 0 Å². The van der Waals surface area contributed by atoms with Crippen LogP contribution in [0.25, 0.3) is 0 Å². The second-order valence-electron chi connectivity index (χ2n) is 2.47. The van der Waals surface area contributed by atoms with Crippen molar-refractivity contribution in [2.45, 2.75) is 6.18 Å². The van der Waals surface area contributed by atoms with E-state index in [1.165, 1.54) is 18.2 Å². The quantitative estimate of drug-likeness (QED) is 0.650. The van der Waals surface area contributed by atoms with Gasteiger partial charge in [0.1, 0.15) is 0 Å². The Morgan fingerprint density at radius 1 is 1.33 bits per heavy atom. The van der Waals surface area contributed by atoms with Gasteiger partial charge in [0.2, 0.25) is 5.17 Å². The summed E-state index contributed by atoms with van der Waals surface area (Å²) >= 11 is 13.7. The van der Waals surface area contributed by atoms with E-state index in [4.69, 9.17) is 23.2 Å². The van der Waals surface area contributed by atoms with Crippen molar-refractivity contribution in [1.82, 2.24) is 0 Å². The molecule has 0 unspecified atom stereocenters. The Bertz CT molecular complexity index is 403. The van der Waals surface area contributed by atoms with Gasteiger partial charge in [-0.15, -0.1) is 0 Å². The van der Waals surface area contributed by atoms with E-state index in [0.717, 1.165) is 0 Å². The van der Waals surface area contributed by atoms with Crippen molar-refractivity contribution in [2.75, 3.05) is 0 Å². The Kier molecular flexibility index (Phi) is 4.03. The maximum absolute atomic E-state index is 12.1. The van der Waals surface area contributed by atoms with Crippen molar-refractivity contribution in [1.29, 1.82) is 0 Å². The van der Waals surface area contributed by atoms with E-state index in [2.05, 4.69) is 20.9 Å². The molecule has 0 fully saturated rings. The van der Waals surface area contributed by atoms with Crippen molar-refractivity contribution < 1.29 is 13.2 Å².